The lowest BCUT2D eigenvalue weighted by Gasteiger charge is -2.20. The van der Waals surface area contributed by atoms with E-state index < -0.39 is 10.0 Å². The second kappa shape index (κ2) is 7.08. The van der Waals surface area contributed by atoms with Crippen molar-refractivity contribution in [2.75, 3.05) is 0 Å². The van der Waals surface area contributed by atoms with E-state index in [9.17, 15) is 8.42 Å². The summed E-state index contributed by atoms with van der Waals surface area (Å²) in [5.41, 5.74) is 5.69. The van der Waals surface area contributed by atoms with Gasteiger partial charge in [0, 0.05) is 6.04 Å². The second-order valence-corrected chi connectivity index (χ2v) is 8.51. The Morgan fingerprint density at radius 2 is 1.75 bits per heavy atom. The van der Waals surface area contributed by atoms with Crippen LogP contribution in [0.1, 0.15) is 53.6 Å². The molecule has 3 nitrogen and oxygen atoms in total. The first-order chi connectivity index (χ1) is 11.4. The number of aryl methyl sites for hydroxylation is 3. The van der Waals surface area contributed by atoms with Gasteiger partial charge in [0.2, 0.25) is 10.0 Å². The van der Waals surface area contributed by atoms with Crippen molar-refractivity contribution < 1.29 is 8.42 Å². The molecule has 0 saturated heterocycles. The fourth-order valence-electron chi connectivity index (χ4n) is 3.38. The Morgan fingerprint density at radius 1 is 1.04 bits per heavy atom. The van der Waals surface area contributed by atoms with Gasteiger partial charge in [0.15, 0.2) is 0 Å². The summed E-state index contributed by atoms with van der Waals surface area (Å²) in [6, 6.07) is 13.8. The van der Waals surface area contributed by atoms with E-state index in [2.05, 4.69) is 22.9 Å². The Kier molecular flexibility index (Phi) is 5.07. The normalized spacial score (nSPS) is 15.8. The molecule has 0 saturated carbocycles. The molecule has 0 radical (unpaired) electrons. The van der Waals surface area contributed by atoms with Crippen LogP contribution in [-0.4, -0.2) is 8.42 Å². The van der Waals surface area contributed by atoms with Crippen molar-refractivity contribution in [3.05, 3.63) is 70.3 Å². The number of fused-ring (bicyclic) bond motifs is 1. The summed E-state index contributed by atoms with van der Waals surface area (Å²) in [5, 5.41) is 0. The first-order valence-corrected chi connectivity index (χ1v) is 10.3. The fraction of sp³-hybridized carbons (Fsp3) is 0.400. The van der Waals surface area contributed by atoms with Gasteiger partial charge in [-0.05, 0) is 67.3 Å². The Labute approximate surface area is 145 Å². The van der Waals surface area contributed by atoms with Gasteiger partial charge in [-0.1, -0.05) is 42.5 Å². The van der Waals surface area contributed by atoms with Crippen LogP contribution in [0.15, 0.2) is 42.5 Å². The predicted octanol–water partition coefficient (Wildman–Crippen LogP) is 4.05. The van der Waals surface area contributed by atoms with Crippen LogP contribution in [0.2, 0.25) is 0 Å². The zero-order valence-electron chi connectivity index (χ0n) is 14.4. The van der Waals surface area contributed by atoms with E-state index in [1.807, 2.05) is 38.1 Å². The Bertz CT molecular complexity index is 827. The SMILES string of the molecule is Cc1ccccc1CS(=O)(=O)N[C@H](C)c1ccc2c(c1)CCCC2. The van der Waals surface area contributed by atoms with E-state index >= 15 is 0 Å². The van der Waals surface area contributed by atoms with Crippen LogP contribution in [0.5, 0.6) is 0 Å². The van der Waals surface area contributed by atoms with Gasteiger partial charge in [-0.15, -0.1) is 0 Å². The molecule has 2 aromatic rings. The average molecular weight is 343 g/mol. The molecule has 2 aromatic carbocycles. The monoisotopic (exact) mass is 343 g/mol. The highest BCUT2D eigenvalue weighted by Gasteiger charge is 2.19. The van der Waals surface area contributed by atoms with E-state index in [0.29, 0.717) is 0 Å². The van der Waals surface area contributed by atoms with E-state index in [0.717, 1.165) is 29.5 Å². The number of benzene rings is 2. The van der Waals surface area contributed by atoms with Crippen molar-refractivity contribution in [1.29, 1.82) is 0 Å². The molecule has 1 atom stereocenters. The van der Waals surface area contributed by atoms with Gasteiger partial charge in [-0.2, -0.15) is 0 Å². The van der Waals surface area contributed by atoms with Crippen LogP contribution in [0.25, 0.3) is 0 Å². The van der Waals surface area contributed by atoms with Crippen LogP contribution < -0.4 is 4.72 Å². The summed E-state index contributed by atoms with van der Waals surface area (Å²) in [4.78, 5) is 0. The Morgan fingerprint density at radius 3 is 2.50 bits per heavy atom. The lowest BCUT2D eigenvalue weighted by molar-refractivity contribution is 0.565. The first kappa shape index (κ1) is 17.2. The van der Waals surface area contributed by atoms with Crippen molar-refractivity contribution in [3.8, 4) is 0 Å². The van der Waals surface area contributed by atoms with E-state index in [1.165, 1.54) is 24.0 Å². The van der Waals surface area contributed by atoms with Crippen LogP contribution in [-0.2, 0) is 28.6 Å². The summed E-state index contributed by atoms with van der Waals surface area (Å²) in [5.74, 6) is 0.0228. The van der Waals surface area contributed by atoms with Gasteiger partial charge >= 0.3 is 0 Å². The lowest BCUT2D eigenvalue weighted by atomic mass is 9.89. The molecule has 1 aliphatic carbocycles. The molecule has 1 aliphatic rings. The zero-order valence-corrected chi connectivity index (χ0v) is 15.2. The maximum atomic E-state index is 12.5. The van der Waals surface area contributed by atoms with Gasteiger partial charge in [0.05, 0.1) is 5.75 Å². The number of hydrogen-bond donors (Lipinski definition) is 1. The number of hydrogen-bond acceptors (Lipinski definition) is 2. The van der Waals surface area contributed by atoms with Crippen LogP contribution in [0, 0.1) is 6.92 Å². The van der Waals surface area contributed by atoms with Gasteiger partial charge in [-0.3, -0.25) is 0 Å². The highest BCUT2D eigenvalue weighted by molar-refractivity contribution is 7.88. The molecule has 0 aliphatic heterocycles. The first-order valence-electron chi connectivity index (χ1n) is 8.61. The standard InChI is InChI=1S/C20H25NO2S/c1-15-7-3-4-10-20(15)14-24(22,23)21-16(2)18-12-11-17-8-5-6-9-19(17)13-18/h3-4,7,10-13,16,21H,5-6,8-9,14H2,1-2H3/t16-/m1/s1. The maximum absolute atomic E-state index is 12.5. The molecule has 0 unspecified atom stereocenters. The fourth-order valence-corrected chi connectivity index (χ4v) is 4.87. The molecule has 128 valence electrons. The molecule has 4 heteroatoms. The van der Waals surface area contributed by atoms with E-state index in [1.54, 1.807) is 0 Å². The molecule has 0 bridgehead atoms. The highest BCUT2D eigenvalue weighted by atomic mass is 32.2. The summed E-state index contributed by atoms with van der Waals surface area (Å²) in [6.45, 7) is 3.86. The van der Waals surface area contributed by atoms with Crippen LogP contribution in [0.3, 0.4) is 0 Å². The van der Waals surface area contributed by atoms with Crippen molar-refractivity contribution in [1.82, 2.24) is 4.72 Å². The van der Waals surface area contributed by atoms with Gasteiger partial charge in [0.25, 0.3) is 0 Å². The maximum Gasteiger partial charge on any atom is 0.216 e. The van der Waals surface area contributed by atoms with E-state index in [-0.39, 0.29) is 11.8 Å². The van der Waals surface area contributed by atoms with Crippen molar-refractivity contribution >= 4 is 10.0 Å². The van der Waals surface area contributed by atoms with Crippen molar-refractivity contribution in [3.63, 3.8) is 0 Å². The Balaban J connectivity index is 1.74. The quantitative estimate of drug-likeness (QED) is 0.890. The second-order valence-electron chi connectivity index (χ2n) is 6.76. The highest BCUT2D eigenvalue weighted by Crippen LogP contribution is 2.25. The molecule has 0 fully saturated rings. The summed E-state index contributed by atoms with van der Waals surface area (Å²) < 4.78 is 27.9. The number of sulfonamides is 1. The topological polar surface area (TPSA) is 46.2 Å². The molecule has 0 heterocycles. The molecule has 24 heavy (non-hydrogen) atoms. The third-order valence-corrected chi connectivity index (χ3v) is 6.24. The van der Waals surface area contributed by atoms with Crippen molar-refractivity contribution in [2.45, 2.75) is 51.3 Å². The van der Waals surface area contributed by atoms with Crippen LogP contribution >= 0.6 is 0 Å². The van der Waals surface area contributed by atoms with Gasteiger partial charge < -0.3 is 0 Å². The number of nitrogens with one attached hydrogen (secondary N) is 1. The molecule has 0 aromatic heterocycles. The van der Waals surface area contributed by atoms with E-state index in [4.69, 9.17) is 0 Å². The molecule has 1 N–H and O–H groups in total. The minimum atomic E-state index is -3.38. The van der Waals surface area contributed by atoms with Gasteiger partial charge in [-0.25, -0.2) is 13.1 Å². The minimum absolute atomic E-state index is 0.0228. The summed E-state index contributed by atoms with van der Waals surface area (Å²) in [6.07, 6.45) is 4.73. The molecule has 3 rings (SSSR count). The molecule has 0 amide bonds. The minimum Gasteiger partial charge on any atom is -0.212 e. The third-order valence-electron chi connectivity index (χ3n) is 4.84. The summed E-state index contributed by atoms with van der Waals surface area (Å²) >= 11 is 0. The number of rotatable bonds is 5. The Hall–Kier alpha value is -1.65. The molecular weight excluding hydrogens is 318 g/mol. The average Bonchev–Trinajstić information content (AvgIpc) is 2.56. The van der Waals surface area contributed by atoms with Crippen LogP contribution in [0.4, 0.5) is 0 Å². The smallest absolute Gasteiger partial charge is 0.212 e. The largest absolute Gasteiger partial charge is 0.216 e. The lowest BCUT2D eigenvalue weighted by Crippen LogP contribution is -2.28. The molecule has 0 spiro atoms. The zero-order chi connectivity index (χ0) is 17.2. The third kappa shape index (κ3) is 4.05. The predicted molar refractivity (Wildman–Crippen MR) is 98.4 cm³/mol. The van der Waals surface area contributed by atoms with Gasteiger partial charge in [0.1, 0.15) is 0 Å². The van der Waals surface area contributed by atoms with Crippen molar-refractivity contribution in [2.24, 2.45) is 0 Å². The summed E-state index contributed by atoms with van der Waals surface area (Å²) in [7, 11) is -3.38. The molecular formula is C20H25NO2S.